The molecule has 2 aromatic heterocycles. The number of aliphatic hydroxyl groups excluding tert-OH is 3. The molecule has 6 N–H and O–H groups in total. The Kier molecular flexibility index (Phi) is 5.12. The number of aliphatic hydroxyl groups is 3. The van der Waals surface area contributed by atoms with Crippen LogP contribution in [0, 0.1) is 0 Å². The third-order valence-corrected chi connectivity index (χ3v) is 5.28. The normalized spacial score (nSPS) is 26.3. The van der Waals surface area contributed by atoms with Gasteiger partial charge in [0, 0.05) is 6.42 Å². The summed E-state index contributed by atoms with van der Waals surface area (Å²) < 4.78 is 6.84. The molecule has 4 atom stereocenters. The smallest absolute Gasteiger partial charge is 0.280 e. The lowest BCUT2D eigenvalue weighted by Crippen LogP contribution is -2.52. The summed E-state index contributed by atoms with van der Waals surface area (Å²) in [5.74, 6) is -0.790. The van der Waals surface area contributed by atoms with Crippen LogP contribution in [0.3, 0.4) is 0 Å². The number of nitrogen functional groups attached to an aromatic ring is 1. The average Bonchev–Trinajstić information content (AvgIpc) is 3.27. The predicted molar refractivity (Wildman–Crippen MR) is 104 cm³/mol. The summed E-state index contributed by atoms with van der Waals surface area (Å²) in [7, 11) is 0. The molecule has 4 rings (SSSR count). The maximum Gasteiger partial charge on any atom is 0.280 e. The van der Waals surface area contributed by atoms with Gasteiger partial charge >= 0.3 is 0 Å². The third-order valence-electron chi connectivity index (χ3n) is 5.28. The number of ether oxygens (including phenoxy) is 1. The van der Waals surface area contributed by atoms with Gasteiger partial charge in [0.05, 0.1) is 6.61 Å². The first-order valence-electron chi connectivity index (χ1n) is 9.34. The molecule has 30 heavy (non-hydrogen) atoms. The molecule has 3 aromatic rings. The van der Waals surface area contributed by atoms with Crippen molar-refractivity contribution in [2.45, 2.75) is 36.9 Å². The number of nitrogens with zero attached hydrogens (tertiary/aromatic N) is 3. The Bertz CT molecular complexity index is 1130. The molecule has 0 bridgehead atoms. The monoisotopic (exact) mass is 415 g/mol. The lowest BCUT2D eigenvalue weighted by atomic mass is 9.94. The molecule has 1 aromatic carbocycles. The number of Topliss-reactive ketones (excluding diaryl/α,β-unsaturated/α-hetero) is 1. The number of anilines is 1. The number of aryl methyl sites for hydroxylation is 1. The second kappa shape index (κ2) is 7.61. The van der Waals surface area contributed by atoms with Crippen LogP contribution in [0.25, 0.3) is 11.2 Å². The topological polar surface area (TPSA) is 177 Å². The van der Waals surface area contributed by atoms with Gasteiger partial charge in [-0.1, -0.05) is 30.3 Å². The highest BCUT2D eigenvalue weighted by Gasteiger charge is 2.60. The van der Waals surface area contributed by atoms with Gasteiger partial charge in [-0.3, -0.25) is 19.1 Å². The number of nitrogens with two attached hydrogens (primary N) is 1. The Morgan fingerprint density at radius 3 is 2.70 bits per heavy atom. The van der Waals surface area contributed by atoms with E-state index >= 15 is 0 Å². The second-order valence-electron chi connectivity index (χ2n) is 7.12. The van der Waals surface area contributed by atoms with Crippen LogP contribution in [0.2, 0.25) is 0 Å². The molecule has 1 saturated heterocycles. The summed E-state index contributed by atoms with van der Waals surface area (Å²) in [6.07, 6.45) is -3.09. The Morgan fingerprint density at radius 2 is 2.03 bits per heavy atom. The number of ketones is 1. The Hall–Kier alpha value is -3.12. The van der Waals surface area contributed by atoms with Crippen molar-refractivity contribution in [3.8, 4) is 0 Å². The fourth-order valence-corrected chi connectivity index (χ4v) is 3.77. The Morgan fingerprint density at radius 1 is 1.30 bits per heavy atom. The Labute approximate surface area is 169 Å². The first-order valence-corrected chi connectivity index (χ1v) is 9.34. The van der Waals surface area contributed by atoms with E-state index in [1.54, 1.807) is 0 Å². The van der Waals surface area contributed by atoms with Crippen LogP contribution in [0.15, 0.2) is 41.5 Å². The summed E-state index contributed by atoms with van der Waals surface area (Å²) >= 11 is 0. The molecule has 11 heteroatoms. The van der Waals surface area contributed by atoms with Crippen LogP contribution in [0.5, 0.6) is 0 Å². The van der Waals surface area contributed by atoms with Gasteiger partial charge in [-0.2, -0.15) is 4.98 Å². The van der Waals surface area contributed by atoms with Crippen molar-refractivity contribution >= 4 is 22.9 Å². The van der Waals surface area contributed by atoms with Crippen molar-refractivity contribution in [1.29, 1.82) is 0 Å². The quantitative estimate of drug-likeness (QED) is 0.326. The van der Waals surface area contributed by atoms with E-state index < -0.39 is 42.0 Å². The SMILES string of the molecule is Nc1nc2c(ncn2[C@]2(C(=O)CCc3ccccc3)O[C@H](CO)[C@@H](O)[C@H]2O)c(=O)[nH]1. The number of H-pyrrole nitrogens is 1. The lowest BCUT2D eigenvalue weighted by molar-refractivity contribution is -0.174. The average molecular weight is 415 g/mol. The van der Waals surface area contributed by atoms with Gasteiger partial charge in [0.15, 0.2) is 16.9 Å². The predicted octanol–water partition coefficient (Wildman–Crippen LogP) is -1.33. The maximum atomic E-state index is 13.4. The summed E-state index contributed by atoms with van der Waals surface area (Å²) in [4.78, 5) is 35.9. The number of aromatic amines is 1. The van der Waals surface area contributed by atoms with Crippen LogP contribution in [-0.4, -0.2) is 65.5 Å². The number of hydrogen-bond donors (Lipinski definition) is 5. The van der Waals surface area contributed by atoms with Crippen molar-refractivity contribution in [3.63, 3.8) is 0 Å². The third kappa shape index (κ3) is 3.08. The van der Waals surface area contributed by atoms with Crippen molar-refractivity contribution in [1.82, 2.24) is 19.5 Å². The zero-order valence-corrected chi connectivity index (χ0v) is 15.8. The molecule has 0 aliphatic carbocycles. The summed E-state index contributed by atoms with van der Waals surface area (Å²) in [6, 6.07) is 9.23. The molecule has 3 heterocycles. The molecule has 0 saturated carbocycles. The van der Waals surface area contributed by atoms with Crippen LogP contribution >= 0.6 is 0 Å². The number of carbonyl (C=O) groups is 1. The number of hydrogen-bond acceptors (Lipinski definition) is 9. The van der Waals surface area contributed by atoms with E-state index in [1.165, 1.54) is 0 Å². The van der Waals surface area contributed by atoms with E-state index in [1.807, 2.05) is 30.3 Å². The molecule has 0 radical (unpaired) electrons. The summed E-state index contributed by atoms with van der Waals surface area (Å²) in [6.45, 7) is -0.630. The molecular formula is C19H21N5O6. The van der Waals surface area contributed by atoms with E-state index in [-0.39, 0.29) is 23.5 Å². The minimum absolute atomic E-state index is 0.0513. The van der Waals surface area contributed by atoms with Crippen LogP contribution < -0.4 is 11.3 Å². The zero-order chi connectivity index (χ0) is 21.5. The zero-order valence-electron chi connectivity index (χ0n) is 15.8. The minimum Gasteiger partial charge on any atom is -0.394 e. The molecule has 0 amide bonds. The highest BCUT2D eigenvalue weighted by atomic mass is 16.6. The van der Waals surface area contributed by atoms with Gasteiger partial charge in [0.1, 0.15) is 24.6 Å². The molecule has 0 unspecified atom stereocenters. The van der Waals surface area contributed by atoms with Gasteiger partial charge in [-0.25, -0.2) is 4.98 Å². The van der Waals surface area contributed by atoms with Crippen LogP contribution in [0.4, 0.5) is 5.95 Å². The number of carbonyl (C=O) groups excluding carboxylic acids is 1. The van der Waals surface area contributed by atoms with E-state index in [0.29, 0.717) is 6.42 Å². The Balaban J connectivity index is 1.81. The van der Waals surface area contributed by atoms with Gasteiger partial charge in [-0.05, 0) is 12.0 Å². The highest BCUT2D eigenvalue weighted by Crippen LogP contribution is 2.39. The van der Waals surface area contributed by atoms with Gasteiger partial charge < -0.3 is 25.8 Å². The number of aromatic nitrogens is 4. The van der Waals surface area contributed by atoms with Crippen LogP contribution in [0.1, 0.15) is 12.0 Å². The molecule has 1 fully saturated rings. The second-order valence-corrected chi connectivity index (χ2v) is 7.12. The molecule has 1 aliphatic rings. The summed E-state index contributed by atoms with van der Waals surface area (Å²) in [5.41, 5.74) is 3.56. The highest BCUT2D eigenvalue weighted by molar-refractivity contribution is 5.88. The largest absolute Gasteiger partial charge is 0.394 e. The fraction of sp³-hybridized carbons (Fsp3) is 0.368. The minimum atomic E-state index is -2.14. The van der Waals surface area contributed by atoms with Crippen molar-refractivity contribution in [2.75, 3.05) is 12.3 Å². The van der Waals surface area contributed by atoms with E-state index in [0.717, 1.165) is 16.5 Å². The van der Waals surface area contributed by atoms with E-state index in [2.05, 4.69) is 15.0 Å². The van der Waals surface area contributed by atoms with Crippen molar-refractivity contribution in [3.05, 3.63) is 52.6 Å². The van der Waals surface area contributed by atoms with E-state index in [4.69, 9.17) is 10.5 Å². The van der Waals surface area contributed by atoms with Crippen molar-refractivity contribution < 1.29 is 24.9 Å². The molecule has 0 spiro atoms. The van der Waals surface area contributed by atoms with Crippen molar-refractivity contribution in [2.24, 2.45) is 0 Å². The summed E-state index contributed by atoms with van der Waals surface area (Å²) in [5, 5.41) is 30.8. The first-order chi connectivity index (χ1) is 14.4. The van der Waals surface area contributed by atoms with Gasteiger partial charge in [-0.15, -0.1) is 0 Å². The number of benzene rings is 1. The van der Waals surface area contributed by atoms with Gasteiger partial charge in [0.25, 0.3) is 5.56 Å². The van der Waals surface area contributed by atoms with Crippen LogP contribution in [-0.2, 0) is 21.7 Å². The lowest BCUT2D eigenvalue weighted by Gasteiger charge is -2.32. The molecule has 158 valence electrons. The number of fused-ring (bicyclic) bond motifs is 1. The van der Waals surface area contributed by atoms with Gasteiger partial charge in [0.2, 0.25) is 11.7 Å². The number of nitrogens with one attached hydrogen (secondary N) is 1. The number of imidazole rings is 1. The first kappa shape index (κ1) is 20.2. The number of rotatable bonds is 6. The standard InChI is InChI=1S/C19H21N5O6/c20-18-22-16-13(17(29)23-18)21-9-24(16)19(15(28)14(27)11(8-25)30-19)12(26)7-6-10-4-2-1-3-5-10/h1-5,9,11,14-15,25,27-28H,6-8H2,(H3,20,22,23,29)/t11-,14-,15-,19-/m1/s1. The fourth-order valence-electron chi connectivity index (χ4n) is 3.77. The molecule has 11 nitrogen and oxygen atoms in total. The molecule has 1 aliphatic heterocycles. The maximum absolute atomic E-state index is 13.4. The molecular weight excluding hydrogens is 394 g/mol. The van der Waals surface area contributed by atoms with E-state index in [9.17, 15) is 24.9 Å².